The molecule has 0 saturated heterocycles. The Balaban J connectivity index is 2.42. The van der Waals surface area contributed by atoms with Crippen LogP contribution in [0, 0.1) is 6.92 Å². The molecule has 0 aromatic carbocycles. The van der Waals surface area contributed by atoms with Gasteiger partial charge < -0.3 is 9.52 Å². The molecule has 0 spiro atoms. The average molecular weight is 218 g/mol. The molecule has 0 bridgehead atoms. The van der Waals surface area contributed by atoms with E-state index in [1.54, 1.807) is 18.6 Å². The van der Waals surface area contributed by atoms with Gasteiger partial charge in [-0.1, -0.05) is 6.92 Å². The summed E-state index contributed by atoms with van der Waals surface area (Å²) in [5.74, 6) is 0. The Labute approximate surface area is 93.9 Å². The van der Waals surface area contributed by atoms with Crippen LogP contribution in [-0.2, 0) is 6.42 Å². The van der Waals surface area contributed by atoms with Gasteiger partial charge in [-0.05, 0) is 25.5 Å². The summed E-state index contributed by atoms with van der Waals surface area (Å²) in [6, 6.07) is 3.61. The zero-order valence-electron chi connectivity index (χ0n) is 9.34. The molecular weight excluding hydrogens is 204 g/mol. The molecule has 16 heavy (non-hydrogen) atoms. The highest BCUT2D eigenvalue weighted by Gasteiger charge is 2.16. The minimum absolute atomic E-state index is 0.692. The molecule has 0 saturated carbocycles. The summed E-state index contributed by atoms with van der Waals surface area (Å²) in [6.45, 7) is 3.85. The van der Waals surface area contributed by atoms with Crippen molar-refractivity contribution in [2.75, 3.05) is 0 Å². The van der Waals surface area contributed by atoms with Gasteiger partial charge in [-0.3, -0.25) is 0 Å². The third-order valence-corrected chi connectivity index (χ3v) is 2.51. The van der Waals surface area contributed by atoms with Crippen molar-refractivity contribution in [2.45, 2.75) is 26.4 Å². The first kappa shape index (κ1) is 10.8. The Bertz CT molecular complexity index is 466. The van der Waals surface area contributed by atoms with E-state index < -0.39 is 6.10 Å². The molecule has 2 aromatic rings. The maximum Gasteiger partial charge on any atom is 0.109 e. The van der Waals surface area contributed by atoms with E-state index >= 15 is 0 Å². The number of hydrogen-bond acceptors (Lipinski definition) is 4. The number of hydrogen-bond donors (Lipinski definition) is 1. The molecule has 1 N–H and O–H groups in total. The molecule has 0 radical (unpaired) electrons. The summed E-state index contributed by atoms with van der Waals surface area (Å²) in [4.78, 5) is 0. The van der Waals surface area contributed by atoms with Gasteiger partial charge in [0.2, 0.25) is 0 Å². The van der Waals surface area contributed by atoms with Crippen LogP contribution in [0.3, 0.4) is 0 Å². The molecule has 1 unspecified atom stereocenters. The summed E-state index contributed by atoms with van der Waals surface area (Å²) in [7, 11) is 0. The first-order valence-corrected chi connectivity index (χ1v) is 5.25. The molecule has 4 heteroatoms. The Kier molecular flexibility index (Phi) is 3.01. The van der Waals surface area contributed by atoms with Crippen LogP contribution in [0.1, 0.15) is 35.5 Å². The molecule has 1 atom stereocenters. The van der Waals surface area contributed by atoms with Crippen LogP contribution in [0.25, 0.3) is 0 Å². The largest absolute Gasteiger partial charge is 0.472 e. The lowest BCUT2D eigenvalue weighted by atomic mass is 10.0. The zero-order chi connectivity index (χ0) is 11.5. The second-order valence-corrected chi connectivity index (χ2v) is 3.70. The van der Waals surface area contributed by atoms with Crippen LogP contribution in [0.15, 0.2) is 29.1 Å². The van der Waals surface area contributed by atoms with Gasteiger partial charge in [-0.25, -0.2) is 0 Å². The van der Waals surface area contributed by atoms with Gasteiger partial charge in [0.05, 0.1) is 23.9 Å². The molecule has 2 heterocycles. The predicted octanol–water partition coefficient (Wildman–Crippen LogP) is 2.02. The van der Waals surface area contributed by atoms with Gasteiger partial charge in [-0.15, -0.1) is 0 Å². The SMILES string of the molecule is CCc1nnc(C)cc1C(O)c1ccoc1. The van der Waals surface area contributed by atoms with Gasteiger partial charge in [0.15, 0.2) is 0 Å². The van der Waals surface area contributed by atoms with Crippen LogP contribution < -0.4 is 0 Å². The van der Waals surface area contributed by atoms with Gasteiger partial charge in [0.1, 0.15) is 6.10 Å². The summed E-state index contributed by atoms with van der Waals surface area (Å²) in [5.41, 5.74) is 3.16. The van der Waals surface area contributed by atoms with Gasteiger partial charge in [0, 0.05) is 11.1 Å². The fourth-order valence-corrected chi connectivity index (χ4v) is 1.66. The first-order chi connectivity index (χ1) is 7.72. The van der Waals surface area contributed by atoms with Crippen molar-refractivity contribution < 1.29 is 9.52 Å². The van der Waals surface area contributed by atoms with Crippen LogP contribution in [0.4, 0.5) is 0 Å². The molecule has 2 aromatic heterocycles. The topological polar surface area (TPSA) is 59.2 Å². The monoisotopic (exact) mass is 218 g/mol. The van der Waals surface area contributed by atoms with Crippen molar-refractivity contribution in [1.82, 2.24) is 10.2 Å². The lowest BCUT2D eigenvalue weighted by molar-refractivity contribution is 0.217. The van der Waals surface area contributed by atoms with E-state index in [2.05, 4.69) is 10.2 Å². The van der Waals surface area contributed by atoms with E-state index in [0.717, 1.165) is 28.9 Å². The van der Waals surface area contributed by atoms with Gasteiger partial charge >= 0.3 is 0 Å². The Hall–Kier alpha value is -1.68. The van der Waals surface area contributed by atoms with Crippen LogP contribution in [0.2, 0.25) is 0 Å². The number of aliphatic hydroxyl groups excluding tert-OH is 1. The summed E-state index contributed by atoms with van der Waals surface area (Å²) in [6.07, 6.45) is 3.14. The van der Waals surface area contributed by atoms with E-state index in [-0.39, 0.29) is 0 Å². The standard InChI is InChI=1S/C12H14N2O2/c1-3-11-10(6-8(2)13-14-11)12(15)9-4-5-16-7-9/h4-7,12,15H,3H2,1-2H3. The van der Waals surface area contributed by atoms with Crippen molar-refractivity contribution in [3.05, 3.63) is 47.2 Å². The van der Waals surface area contributed by atoms with E-state index in [9.17, 15) is 5.11 Å². The molecule has 0 aliphatic rings. The van der Waals surface area contributed by atoms with Gasteiger partial charge in [0.25, 0.3) is 0 Å². The molecule has 0 aliphatic heterocycles. The quantitative estimate of drug-likeness (QED) is 0.856. The lowest BCUT2D eigenvalue weighted by Gasteiger charge is -2.12. The highest BCUT2D eigenvalue weighted by atomic mass is 16.3. The Morgan fingerprint density at radius 3 is 2.88 bits per heavy atom. The zero-order valence-corrected chi connectivity index (χ0v) is 9.34. The van der Waals surface area contributed by atoms with Crippen LogP contribution in [-0.4, -0.2) is 15.3 Å². The van der Waals surface area contributed by atoms with E-state index in [1.165, 1.54) is 0 Å². The normalized spacial score (nSPS) is 12.7. The number of furan rings is 1. The summed E-state index contributed by atoms with van der Waals surface area (Å²) in [5, 5.41) is 18.3. The number of rotatable bonds is 3. The molecular formula is C12H14N2O2. The molecule has 0 aliphatic carbocycles. The third-order valence-electron chi connectivity index (χ3n) is 2.51. The Morgan fingerprint density at radius 2 is 2.25 bits per heavy atom. The highest BCUT2D eigenvalue weighted by Crippen LogP contribution is 2.24. The minimum atomic E-state index is -0.692. The fourth-order valence-electron chi connectivity index (χ4n) is 1.66. The summed E-state index contributed by atoms with van der Waals surface area (Å²) >= 11 is 0. The minimum Gasteiger partial charge on any atom is -0.472 e. The predicted molar refractivity (Wildman–Crippen MR) is 58.9 cm³/mol. The van der Waals surface area contributed by atoms with Crippen molar-refractivity contribution >= 4 is 0 Å². The molecule has 0 fully saturated rings. The van der Waals surface area contributed by atoms with E-state index in [4.69, 9.17) is 4.42 Å². The first-order valence-electron chi connectivity index (χ1n) is 5.25. The van der Waals surface area contributed by atoms with E-state index in [0.29, 0.717) is 0 Å². The molecule has 0 amide bonds. The molecule has 4 nitrogen and oxygen atoms in total. The maximum atomic E-state index is 10.2. The molecule has 2 rings (SSSR count). The van der Waals surface area contributed by atoms with Crippen molar-refractivity contribution in [2.24, 2.45) is 0 Å². The maximum absolute atomic E-state index is 10.2. The fraction of sp³-hybridized carbons (Fsp3) is 0.333. The number of aryl methyl sites for hydroxylation is 2. The smallest absolute Gasteiger partial charge is 0.109 e. The lowest BCUT2D eigenvalue weighted by Crippen LogP contribution is -2.06. The molecule has 84 valence electrons. The second kappa shape index (κ2) is 4.45. The Morgan fingerprint density at radius 1 is 1.44 bits per heavy atom. The highest BCUT2D eigenvalue weighted by molar-refractivity contribution is 5.31. The average Bonchev–Trinajstić information content (AvgIpc) is 2.81. The third kappa shape index (κ3) is 1.97. The number of nitrogens with zero attached hydrogens (tertiary/aromatic N) is 2. The van der Waals surface area contributed by atoms with Crippen LogP contribution >= 0.6 is 0 Å². The second-order valence-electron chi connectivity index (χ2n) is 3.70. The number of aliphatic hydroxyl groups is 1. The van der Waals surface area contributed by atoms with Crippen molar-refractivity contribution in [3.63, 3.8) is 0 Å². The summed E-state index contributed by atoms with van der Waals surface area (Å²) < 4.78 is 4.96. The van der Waals surface area contributed by atoms with Crippen LogP contribution in [0.5, 0.6) is 0 Å². The van der Waals surface area contributed by atoms with Crippen molar-refractivity contribution in [1.29, 1.82) is 0 Å². The van der Waals surface area contributed by atoms with E-state index in [1.807, 2.05) is 19.9 Å². The van der Waals surface area contributed by atoms with Crippen molar-refractivity contribution in [3.8, 4) is 0 Å². The van der Waals surface area contributed by atoms with Gasteiger partial charge in [-0.2, -0.15) is 10.2 Å². The number of aromatic nitrogens is 2.